The fourth-order valence-electron chi connectivity index (χ4n) is 3.06. The van der Waals surface area contributed by atoms with Crippen LogP contribution in [0.3, 0.4) is 0 Å². The van der Waals surface area contributed by atoms with Crippen LogP contribution in [0, 0.1) is 0 Å². The summed E-state index contributed by atoms with van der Waals surface area (Å²) >= 11 is 0. The molecular formula is C16H18F3N9. The number of hydrogen-bond donors (Lipinski definition) is 1. The fourth-order valence-corrected chi connectivity index (χ4v) is 3.06. The first-order valence-electron chi connectivity index (χ1n) is 8.82. The van der Waals surface area contributed by atoms with Crippen LogP contribution in [0.5, 0.6) is 0 Å². The molecule has 0 amide bonds. The van der Waals surface area contributed by atoms with Crippen LogP contribution in [0.2, 0.25) is 0 Å². The van der Waals surface area contributed by atoms with Gasteiger partial charge in [-0.05, 0) is 25.1 Å². The van der Waals surface area contributed by atoms with Crippen LogP contribution in [0.25, 0.3) is 5.65 Å². The van der Waals surface area contributed by atoms with Crippen molar-refractivity contribution in [3.63, 3.8) is 0 Å². The van der Waals surface area contributed by atoms with Crippen LogP contribution >= 0.6 is 0 Å². The Morgan fingerprint density at radius 1 is 1.00 bits per heavy atom. The summed E-state index contributed by atoms with van der Waals surface area (Å²) in [6.45, 7) is 5.23. The van der Waals surface area contributed by atoms with E-state index in [9.17, 15) is 13.2 Å². The average molecular weight is 393 g/mol. The van der Waals surface area contributed by atoms with E-state index in [2.05, 4.69) is 35.5 Å². The summed E-state index contributed by atoms with van der Waals surface area (Å²) in [4.78, 5) is 12.7. The number of piperazine rings is 1. The van der Waals surface area contributed by atoms with Gasteiger partial charge in [0.1, 0.15) is 11.6 Å². The number of halogens is 3. The highest BCUT2D eigenvalue weighted by molar-refractivity contribution is 5.49. The largest absolute Gasteiger partial charge is 0.453 e. The van der Waals surface area contributed by atoms with Gasteiger partial charge in [0.15, 0.2) is 5.65 Å². The van der Waals surface area contributed by atoms with E-state index in [1.807, 2.05) is 17.9 Å². The molecule has 1 aliphatic heterocycles. The first kappa shape index (κ1) is 18.2. The molecule has 1 fully saturated rings. The molecular weight excluding hydrogens is 375 g/mol. The zero-order chi connectivity index (χ0) is 19.7. The minimum Gasteiger partial charge on any atom is -0.354 e. The minimum absolute atomic E-state index is 0.0617. The van der Waals surface area contributed by atoms with Crippen LogP contribution in [0.1, 0.15) is 12.7 Å². The van der Waals surface area contributed by atoms with Crippen molar-refractivity contribution < 1.29 is 13.2 Å². The van der Waals surface area contributed by atoms with E-state index in [0.717, 1.165) is 16.9 Å². The van der Waals surface area contributed by atoms with Crippen molar-refractivity contribution in [2.75, 3.05) is 47.8 Å². The molecule has 0 spiro atoms. The Balaban J connectivity index is 1.50. The lowest BCUT2D eigenvalue weighted by molar-refractivity contribution is -0.146. The first-order chi connectivity index (χ1) is 13.5. The summed E-state index contributed by atoms with van der Waals surface area (Å²) in [6, 6.07) is 4.99. The van der Waals surface area contributed by atoms with E-state index in [0.29, 0.717) is 37.9 Å². The highest BCUT2D eigenvalue weighted by Gasteiger charge is 2.37. The maximum absolute atomic E-state index is 13.1. The Bertz CT molecular complexity index is 963. The number of fused-ring (bicyclic) bond motifs is 1. The van der Waals surface area contributed by atoms with Crippen molar-refractivity contribution in [1.82, 2.24) is 29.8 Å². The third kappa shape index (κ3) is 3.49. The summed E-state index contributed by atoms with van der Waals surface area (Å²) < 4.78 is 39.9. The maximum atomic E-state index is 13.1. The molecule has 0 bridgehead atoms. The third-order valence-electron chi connectivity index (χ3n) is 4.41. The molecule has 3 aromatic heterocycles. The molecule has 4 heterocycles. The highest BCUT2D eigenvalue weighted by Crippen LogP contribution is 2.28. The molecule has 9 nitrogen and oxygen atoms in total. The van der Waals surface area contributed by atoms with Crippen LogP contribution in [0.15, 0.2) is 24.4 Å². The number of anilines is 3. The van der Waals surface area contributed by atoms with Gasteiger partial charge in [0.2, 0.25) is 5.95 Å². The van der Waals surface area contributed by atoms with E-state index in [4.69, 9.17) is 0 Å². The van der Waals surface area contributed by atoms with Gasteiger partial charge in [-0.15, -0.1) is 15.3 Å². The average Bonchev–Trinajstić information content (AvgIpc) is 3.12. The zero-order valence-electron chi connectivity index (χ0n) is 15.1. The predicted molar refractivity (Wildman–Crippen MR) is 96.4 cm³/mol. The lowest BCUT2D eigenvalue weighted by Gasteiger charge is -2.36. The van der Waals surface area contributed by atoms with E-state index in [-0.39, 0.29) is 5.65 Å². The smallest absolute Gasteiger partial charge is 0.354 e. The monoisotopic (exact) mass is 393 g/mol. The SMILES string of the molecule is CCNc1nccc(N2CCN(c3ccc4nnc(C(F)(F)F)n4n3)CC2)n1. The molecule has 1 aliphatic rings. The van der Waals surface area contributed by atoms with Crippen LogP contribution < -0.4 is 15.1 Å². The molecule has 148 valence electrons. The number of nitrogens with one attached hydrogen (secondary N) is 1. The summed E-state index contributed by atoms with van der Waals surface area (Å²) in [5.41, 5.74) is 0.0617. The lowest BCUT2D eigenvalue weighted by atomic mass is 10.3. The summed E-state index contributed by atoms with van der Waals surface area (Å²) in [7, 11) is 0. The summed E-state index contributed by atoms with van der Waals surface area (Å²) in [5, 5.41) is 13.9. The molecule has 0 unspecified atom stereocenters. The highest BCUT2D eigenvalue weighted by atomic mass is 19.4. The normalized spacial score (nSPS) is 15.3. The van der Waals surface area contributed by atoms with Gasteiger partial charge in [-0.2, -0.15) is 22.7 Å². The van der Waals surface area contributed by atoms with Gasteiger partial charge in [-0.1, -0.05) is 0 Å². The molecule has 1 saturated heterocycles. The van der Waals surface area contributed by atoms with Gasteiger partial charge in [-0.25, -0.2) is 4.98 Å². The molecule has 0 saturated carbocycles. The van der Waals surface area contributed by atoms with Crippen molar-refractivity contribution in [1.29, 1.82) is 0 Å². The van der Waals surface area contributed by atoms with E-state index in [1.165, 1.54) is 6.07 Å². The van der Waals surface area contributed by atoms with Crippen molar-refractivity contribution in [2.24, 2.45) is 0 Å². The molecule has 28 heavy (non-hydrogen) atoms. The minimum atomic E-state index is -4.61. The zero-order valence-corrected chi connectivity index (χ0v) is 15.1. The molecule has 12 heteroatoms. The number of nitrogens with zero attached hydrogens (tertiary/aromatic N) is 8. The quantitative estimate of drug-likeness (QED) is 0.717. The fraction of sp³-hybridized carbons (Fsp3) is 0.438. The van der Waals surface area contributed by atoms with Crippen molar-refractivity contribution >= 4 is 23.2 Å². The Morgan fingerprint density at radius 2 is 1.71 bits per heavy atom. The van der Waals surface area contributed by atoms with E-state index in [1.54, 1.807) is 12.3 Å². The number of rotatable bonds is 4. The Morgan fingerprint density at radius 3 is 2.39 bits per heavy atom. The molecule has 0 aromatic carbocycles. The first-order valence-corrected chi connectivity index (χ1v) is 8.82. The maximum Gasteiger partial charge on any atom is 0.453 e. The van der Waals surface area contributed by atoms with Gasteiger partial charge in [0, 0.05) is 38.9 Å². The second kappa shape index (κ2) is 7.09. The third-order valence-corrected chi connectivity index (χ3v) is 4.41. The van der Waals surface area contributed by atoms with Crippen LogP contribution in [-0.4, -0.2) is 62.5 Å². The summed E-state index contributed by atoms with van der Waals surface area (Å²) in [6.07, 6.45) is -2.91. The van der Waals surface area contributed by atoms with E-state index < -0.39 is 12.0 Å². The van der Waals surface area contributed by atoms with Crippen LogP contribution in [-0.2, 0) is 6.18 Å². The van der Waals surface area contributed by atoms with Crippen molar-refractivity contribution in [3.05, 3.63) is 30.2 Å². The molecule has 0 radical (unpaired) electrons. The predicted octanol–water partition coefficient (Wildman–Crippen LogP) is 1.69. The van der Waals surface area contributed by atoms with Crippen molar-refractivity contribution in [2.45, 2.75) is 13.1 Å². The van der Waals surface area contributed by atoms with Gasteiger partial charge < -0.3 is 15.1 Å². The molecule has 4 rings (SSSR count). The topological polar surface area (TPSA) is 87.4 Å². The Labute approximate surface area is 158 Å². The number of alkyl halides is 3. The van der Waals surface area contributed by atoms with Gasteiger partial charge in [0.25, 0.3) is 5.82 Å². The molecule has 0 atom stereocenters. The van der Waals surface area contributed by atoms with Crippen LogP contribution in [0.4, 0.5) is 30.8 Å². The Hall–Kier alpha value is -3.18. The number of hydrogen-bond acceptors (Lipinski definition) is 8. The van der Waals surface area contributed by atoms with Gasteiger partial charge >= 0.3 is 6.18 Å². The second-order valence-electron chi connectivity index (χ2n) is 6.23. The number of aromatic nitrogens is 6. The van der Waals surface area contributed by atoms with Crippen molar-refractivity contribution in [3.8, 4) is 0 Å². The molecule has 3 aromatic rings. The standard InChI is InChI=1S/C16H18F3N9/c1-2-20-15-21-6-5-11(22-15)26-7-9-27(10-8-26)13-4-3-12-23-24-14(16(17,18)19)28(12)25-13/h3-6H,2,7-10H2,1H3,(H,20,21,22). The Kier molecular flexibility index (Phi) is 4.61. The lowest BCUT2D eigenvalue weighted by Crippen LogP contribution is -2.47. The second-order valence-corrected chi connectivity index (χ2v) is 6.23. The molecule has 0 aliphatic carbocycles. The van der Waals surface area contributed by atoms with E-state index >= 15 is 0 Å². The molecule has 1 N–H and O–H groups in total. The van der Waals surface area contributed by atoms with Gasteiger partial charge in [0.05, 0.1) is 0 Å². The van der Waals surface area contributed by atoms with Gasteiger partial charge in [-0.3, -0.25) is 0 Å². The summed E-state index contributed by atoms with van der Waals surface area (Å²) in [5.74, 6) is 0.711.